The first-order chi connectivity index (χ1) is 10.1. The topological polar surface area (TPSA) is 77.1 Å². The zero-order chi connectivity index (χ0) is 15.7. The predicted octanol–water partition coefficient (Wildman–Crippen LogP) is -0.208. The van der Waals surface area contributed by atoms with Gasteiger partial charge in [0.05, 0.1) is 32.3 Å². The summed E-state index contributed by atoms with van der Waals surface area (Å²) in [6.07, 6.45) is 0.799. The highest BCUT2D eigenvalue weighted by Crippen LogP contribution is 2.12. The maximum absolute atomic E-state index is 12.1. The van der Waals surface area contributed by atoms with E-state index in [1.54, 1.807) is 7.11 Å². The third-order valence-corrected chi connectivity index (χ3v) is 3.54. The molecule has 0 aromatic carbocycles. The Balaban J connectivity index is 2.36. The molecule has 122 valence electrons. The van der Waals surface area contributed by atoms with Gasteiger partial charge in [0.15, 0.2) is 0 Å². The van der Waals surface area contributed by atoms with Crippen LogP contribution in [-0.2, 0) is 23.8 Å². The molecular formula is C14H26N2O5. The van der Waals surface area contributed by atoms with Crippen LogP contribution < -0.4 is 5.32 Å². The molecule has 0 radical (unpaired) electrons. The Labute approximate surface area is 125 Å². The minimum absolute atomic E-state index is 0.00942. The van der Waals surface area contributed by atoms with E-state index in [-0.39, 0.29) is 30.4 Å². The van der Waals surface area contributed by atoms with Crippen LogP contribution in [0.2, 0.25) is 0 Å². The van der Waals surface area contributed by atoms with Crippen molar-refractivity contribution < 1.29 is 23.8 Å². The van der Waals surface area contributed by atoms with E-state index >= 15 is 0 Å². The van der Waals surface area contributed by atoms with Crippen LogP contribution in [0.25, 0.3) is 0 Å². The maximum Gasteiger partial charge on any atom is 0.308 e. The highest BCUT2D eigenvalue weighted by atomic mass is 16.5. The molecule has 0 bridgehead atoms. The first kappa shape index (κ1) is 17.9. The first-order valence-corrected chi connectivity index (χ1v) is 7.27. The number of nitrogens with zero attached hydrogens (tertiary/aromatic N) is 1. The van der Waals surface area contributed by atoms with E-state index in [2.05, 4.69) is 10.1 Å². The number of ether oxygens (including phenoxy) is 3. The summed E-state index contributed by atoms with van der Waals surface area (Å²) < 4.78 is 15.1. The van der Waals surface area contributed by atoms with Crippen molar-refractivity contribution in [3.63, 3.8) is 0 Å². The zero-order valence-corrected chi connectivity index (χ0v) is 13.1. The molecule has 2 atom stereocenters. The van der Waals surface area contributed by atoms with Crippen LogP contribution in [0.15, 0.2) is 0 Å². The van der Waals surface area contributed by atoms with Crippen molar-refractivity contribution in [2.45, 2.75) is 31.9 Å². The molecule has 1 amide bonds. The Morgan fingerprint density at radius 1 is 1.43 bits per heavy atom. The molecule has 1 N–H and O–H groups in total. The molecular weight excluding hydrogens is 276 g/mol. The molecule has 0 aromatic heterocycles. The van der Waals surface area contributed by atoms with Gasteiger partial charge in [0.1, 0.15) is 0 Å². The van der Waals surface area contributed by atoms with E-state index in [0.717, 1.165) is 6.42 Å². The van der Waals surface area contributed by atoms with Gasteiger partial charge in [-0.3, -0.25) is 14.5 Å². The number of amides is 1. The van der Waals surface area contributed by atoms with Crippen LogP contribution >= 0.6 is 0 Å². The molecule has 0 saturated carbocycles. The fourth-order valence-electron chi connectivity index (χ4n) is 2.23. The van der Waals surface area contributed by atoms with Crippen molar-refractivity contribution >= 4 is 11.9 Å². The van der Waals surface area contributed by atoms with E-state index in [0.29, 0.717) is 32.8 Å². The number of carbonyl (C=O) groups excluding carboxylic acids is 2. The summed E-state index contributed by atoms with van der Waals surface area (Å²) in [6, 6.07) is -0.239. The van der Waals surface area contributed by atoms with Crippen molar-refractivity contribution in [1.29, 1.82) is 0 Å². The van der Waals surface area contributed by atoms with Gasteiger partial charge < -0.3 is 19.5 Å². The second-order valence-electron chi connectivity index (χ2n) is 5.08. The van der Waals surface area contributed by atoms with Crippen LogP contribution in [0.5, 0.6) is 0 Å². The summed E-state index contributed by atoms with van der Waals surface area (Å²) in [5, 5.41) is 2.89. The normalized spacial score (nSPS) is 20.8. The third kappa shape index (κ3) is 6.41. The van der Waals surface area contributed by atoms with Gasteiger partial charge in [-0.05, 0) is 13.3 Å². The summed E-state index contributed by atoms with van der Waals surface area (Å²) in [4.78, 5) is 25.4. The lowest BCUT2D eigenvalue weighted by molar-refractivity contribution is -0.146. The number of nitrogens with one attached hydrogen (secondary N) is 1. The third-order valence-electron chi connectivity index (χ3n) is 3.54. The van der Waals surface area contributed by atoms with Crippen LogP contribution in [0.1, 0.15) is 19.8 Å². The standard InChI is InChI=1S/C14H26N2O5/c1-11(14(18)15-5-4-7-19-2)16-6-8-21-12(10-16)9-13(17)20-3/h11-12H,4-10H2,1-3H3,(H,15,18). The van der Waals surface area contributed by atoms with E-state index in [1.165, 1.54) is 7.11 Å². The van der Waals surface area contributed by atoms with Gasteiger partial charge >= 0.3 is 5.97 Å². The van der Waals surface area contributed by atoms with Gasteiger partial charge in [-0.1, -0.05) is 0 Å². The Kier molecular flexibility index (Phi) is 8.26. The van der Waals surface area contributed by atoms with Gasteiger partial charge in [0, 0.05) is 33.4 Å². The fourth-order valence-corrected chi connectivity index (χ4v) is 2.23. The molecule has 0 spiro atoms. The maximum atomic E-state index is 12.1. The number of esters is 1. The van der Waals surface area contributed by atoms with Crippen molar-refractivity contribution in [3.8, 4) is 0 Å². The number of carbonyl (C=O) groups is 2. The molecule has 21 heavy (non-hydrogen) atoms. The molecule has 0 aromatic rings. The van der Waals surface area contributed by atoms with Crippen molar-refractivity contribution in [2.24, 2.45) is 0 Å². The second kappa shape index (κ2) is 9.70. The van der Waals surface area contributed by atoms with Gasteiger partial charge in [-0.25, -0.2) is 0 Å². The molecule has 1 aliphatic heterocycles. The number of rotatable bonds is 8. The van der Waals surface area contributed by atoms with E-state index in [1.807, 2.05) is 11.8 Å². The molecule has 2 unspecified atom stereocenters. The Hall–Kier alpha value is -1.18. The SMILES string of the molecule is COCCCNC(=O)C(C)N1CCOC(CC(=O)OC)C1. The molecule has 7 nitrogen and oxygen atoms in total. The second-order valence-corrected chi connectivity index (χ2v) is 5.08. The number of hydrogen-bond acceptors (Lipinski definition) is 6. The molecule has 1 aliphatic rings. The Morgan fingerprint density at radius 2 is 2.19 bits per heavy atom. The zero-order valence-electron chi connectivity index (χ0n) is 13.1. The highest BCUT2D eigenvalue weighted by Gasteiger charge is 2.29. The average molecular weight is 302 g/mol. The molecule has 7 heteroatoms. The molecule has 1 fully saturated rings. The number of morpholine rings is 1. The number of hydrogen-bond donors (Lipinski definition) is 1. The Bertz CT molecular complexity index is 337. The molecule has 0 aliphatic carbocycles. The lowest BCUT2D eigenvalue weighted by atomic mass is 10.1. The Morgan fingerprint density at radius 3 is 2.86 bits per heavy atom. The predicted molar refractivity (Wildman–Crippen MR) is 76.9 cm³/mol. The fraction of sp³-hybridized carbons (Fsp3) is 0.857. The first-order valence-electron chi connectivity index (χ1n) is 7.27. The smallest absolute Gasteiger partial charge is 0.308 e. The van der Waals surface area contributed by atoms with Crippen LogP contribution in [0, 0.1) is 0 Å². The monoisotopic (exact) mass is 302 g/mol. The summed E-state index contributed by atoms with van der Waals surface area (Å²) in [5.41, 5.74) is 0. The number of methoxy groups -OCH3 is 2. The van der Waals surface area contributed by atoms with Crippen molar-refractivity contribution in [2.75, 3.05) is 47.1 Å². The van der Waals surface area contributed by atoms with Crippen molar-refractivity contribution in [1.82, 2.24) is 10.2 Å². The van der Waals surface area contributed by atoms with Gasteiger partial charge in [-0.15, -0.1) is 0 Å². The van der Waals surface area contributed by atoms with Crippen LogP contribution in [0.3, 0.4) is 0 Å². The van der Waals surface area contributed by atoms with Gasteiger partial charge in [0.25, 0.3) is 0 Å². The minimum Gasteiger partial charge on any atom is -0.469 e. The lowest BCUT2D eigenvalue weighted by Crippen LogP contribution is -2.52. The van der Waals surface area contributed by atoms with Crippen molar-refractivity contribution in [3.05, 3.63) is 0 Å². The summed E-state index contributed by atoms with van der Waals surface area (Å²) >= 11 is 0. The lowest BCUT2D eigenvalue weighted by Gasteiger charge is -2.35. The summed E-state index contributed by atoms with van der Waals surface area (Å²) in [6.45, 7) is 4.86. The summed E-state index contributed by atoms with van der Waals surface area (Å²) in [5.74, 6) is -0.302. The largest absolute Gasteiger partial charge is 0.469 e. The average Bonchev–Trinajstić information content (AvgIpc) is 2.50. The minimum atomic E-state index is -0.293. The van der Waals surface area contributed by atoms with Crippen LogP contribution in [0.4, 0.5) is 0 Å². The quantitative estimate of drug-likeness (QED) is 0.494. The summed E-state index contributed by atoms with van der Waals surface area (Å²) in [7, 11) is 3.00. The molecule has 1 rings (SSSR count). The van der Waals surface area contributed by atoms with E-state index in [9.17, 15) is 9.59 Å². The van der Waals surface area contributed by atoms with E-state index in [4.69, 9.17) is 9.47 Å². The van der Waals surface area contributed by atoms with Gasteiger partial charge in [-0.2, -0.15) is 0 Å². The molecule has 1 saturated heterocycles. The molecule has 1 heterocycles. The van der Waals surface area contributed by atoms with Crippen LogP contribution in [-0.4, -0.2) is 76.0 Å². The van der Waals surface area contributed by atoms with Gasteiger partial charge in [0.2, 0.25) is 5.91 Å². The highest BCUT2D eigenvalue weighted by molar-refractivity contribution is 5.81. The van der Waals surface area contributed by atoms with E-state index < -0.39 is 0 Å².